The second-order valence-electron chi connectivity index (χ2n) is 4.39. The zero-order valence-electron chi connectivity index (χ0n) is 8.75. The topological polar surface area (TPSA) is 41.5 Å². The molecular weight excluding hydrogens is 176 g/mol. The molecule has 1 fully saturated rings. The molecular formula is C11H18N2O. The van der Waals surface area contributed by atoms with Gasteiger partial charge >= 0.3 is 0 Å². The van der Waals surface area contributed by atoms with Crippen LogP contribution in [0, 0.1) is 11.8 Å². The molecule has 0 bridgehead atoms. The third-order valence-electron chi connectivity index (χ3n) is 3.41. The number of amides is 1. The number of hydrogen-bond acceptors (Lipinski definition) is 2. The first-order valence-electron chi connectivity index (χ1n) is 5.63. The van der Waals surface area contributed by atoms with Crippen molar-refractivity contribution in [2.75, 3.05) is 6.54 Å². The first-order valence-corrected chi connectivity index (χ1v) is 5.63. The Morgan fingerprint density at radius 2 is 2.36 bits per heavy atom. The van der Waals surface area contributed by atoms with Crippen molar-refractivity contribution in [2.45, 2.75) is 39.0 Å². The van der Waals surface area contributed by atoms with Crippen molar-refractivity contribution in [1.82, 2.24) is 5.32 Å². The summed E-state index contributed by atoms with van der Waals surface area (Å²) in [4.78, 5) is 15.3. The van der Waals surface area contributed by atoms with Crippen molar-refractivity contribution in [3.63, 3.8) is 0 Å². The Balaban J connectivity index is 1.94. The van der Waals surface area contributed by atoms with Gasteiger partial charge in [-0.1, -0.05) is 26.2 Å². The van der Waals surface area contributed by atoms with Gasteiger partial charge in [-0.15, -0.1) is 0 Å². The van der Waals surface area contributed by atoms with Crippen LogP contribution >= 0.6 is 0 Å². The van der Waals surface area contributed by atoms with Crippen LogP contribution in [0.25, 0.3) is 0 Å². The maximum Gasteiger partial charge on any atom is 0.247 e. The van der Waals surface area contributed by atoms with Crippen LogP contribution in [0.1, 0.15) is 39.0 Å². The van der Waals surface area contributed by atoms with Gasteiger partial charge in [-0.25, -0.2) is 0 Å². The minimum Gasteiger partial charge on any atom is -0.313 e. The number of nitrogens with one attached hydrogen (secondary N) is 1. The number of carbonyl (C=O) groups is 1. The Morgan fingerprint density at radius 1 is 1.50 bits per heavy atom. The summed E-state index contributed by atoms with van der Waals surface area (Å²) in [6.45, 7) is 2.60. The summed E-state index contributed by atoms with van der Waals surface area (Å²) in [6.07, 6.45) is 6.33. The molecule has 1 aliphatic carbocycles. The van der Waals surface area contributed by atoms with E-state index in [0.29, 0.717) is 12.5 Å². The maximum absolute atomic E-state index is 11.0. The van der Waals surface area contributed by atoms with Crippen molar-refractivity contribution in [2.24, 2.45) is 16.8 Å². The Kier molecular flexibility index (Phi) is 2.85. The fourth-order valence-corrected chi connectivity index (χ4v) is 2.52. The van der Waals surface area contributed by atoms with Gasteiger partial charge in [0.1, 0.15) is 12.4 Å². The first-order chi connectivity index (χ1) is 6.79. The molecule has 0 aromatic carbocycles. The van der Waals surface area contributed by atoms with Crippen LogP contribution in [0.15, 0.2) is 4.99 Å². The minimum absolute atomic E-state index is 0.0682. The first kappa shape index (κ1) is 9.69. The Bertz CT molecular complexity index is 260. The van der Waals surface area contributed by atoms with Crippen LogP contribution in [-0.2, 0) is 4.79 Å². The monoisotopic (exact) mass is 194 g/mol. The summed E-state index contributed by atoms with van der Waals surface area (Å²) in [7, 11) is 0. The number of rotatable bonds is 2. The molecule has 0 aromatic heterocycles. The maximum atomic E-state index is 11.0. The minimum atomic E-state index is 0.0682. The largest absolute Gasteiger partial charge is 0.313 e. The SMILES string of the molecule is CCC1CCCC(C2=NCC(=O)N2)C1. The summed E-state index contributed by atoms with van der Waals surface area (Å²) < 4.78 is 0. The van der Waals surface area contributed by atoms with Gasteiger partial charge in [0.2, 0.25) is 5.91 Å². The molecule has 2 atom stereocenters. The zero-order valence-corrected chi connectivity index (χ0v) is 8.75. The van der Waals surface area contributed by atoms with Crippen LogP contribution in [0.4, 0.5) is 0 Å². The predicted octanol–water partition coefficient (Wildman–Crippen LogP) is 1.73. The summed E-state index contributed by atoms with van der Waals surface area (Å²) in [5, 5.41) is 2.88. The van der Waals surface area contributed by atoms with E-state index in [9.17, 15) is 4.79 Å². The lowest BCUT2D eigenvalue weighted by atomic mass is 9.79. The molecule has 1 amide bonds. The number of aliphatic imine (C=N–C) groups is 1. The number of carbonyl (C=O) groups excluding carboxylic acids is 1. The lowest BCUT2D eigenvalue weighted by Gasteiger charge is -2.28. The molecule has 14 heavy (non-hydrogen) atoms. The van der Waals surface area contributed by atoms with E-state index in [4.69, 9.17) is 0 Å². The fourth-order valence-electron chi connectivity index (χ4n) is 2.52. The normalized spacial score (nSPS) is 32.6. The lowest BCUT2D eigenvalue weighted by molar-refractivity contribution is -0.117. The van der Waals surface area contributed by atoms with Crippen LogP contribution in [0.3, 0.4) is 0 Å². The van der Waals surface area contributed by atoms with Gasteiger partial charge in [0.05, 0.1) is 0 Å². The van der Waals surface area contributed by atoms with Gasteiger partial charge in [-0.2, -0.15) is 0 Å². The highest BCUT2D eigenvalue weighted by atomic mass is 16.2. The average Bonchev–Trinajstić information content (AvgIpc) is 2.65. The van der Waals surface area contributed by atoms with E-state index in [1.165, 1.54) is 32.1 Å². The molecule has 3 nitrogen and oxygen atoms in total. The van der Waals surface area contributed by atoms with Gasteiger partial charge in [0, 0.05) is 5.92 Å². The Morgan fingerprint density at radius 3 is 3.00 bits per heavy atom. The van der Waals surface area contributed by atoms with E-state index in [2.05, 4.69) is 17.2 Å². The fraction of sp³-hybridized carbons (Fsp3) is 0.818. The van der Waals surface area contributed by atoms with Crippen LogP contribution < -0.4 is 5.32 Å². The molecule has 2 unspecified atom stereocenters. The van der Waals surface area contributed by atoms with Crippen molar-refractivity contribution >= 4 is 11.7 Å². The Labute approximate surface area is 85.0 Å². The van der Waals surface area contributed by atoms with E-state index in [1.807, 2.05) is 0 Å². The van der Waals surface area contributed by atoms with Gasteiger partial charge in [-0.3, -0.25) is 9.79 Å². The van der Waals surface area contributed by atoms with Gasteiger partial charge in [-0.05, 0) is 18.8 Å². The van der Waals surface area contributed by atoms with Gasteiger partial charge in [0.15, 0.2) is 0 Å². The summed E-state index contributed by atoms with van der Waals surface area (Å²) in [6, 6.07) is 0. The van der Waals surface area contributed by atoms with Crippen LogP contribution in [-0.4, -0.2) is 18.3 Å². The molecule has 0 saturated heterocycles. The van der Waals surface area contributed by atoms with Crippen molar-refractivity contribution in [3.8, 4) is 0 Å². The zero-order chi connectivity index (χ0) is 9.97. The van der Waals surface area contributed by atoms with Crippen LogP contribution in [0.5, 0.6) is 0 Å². The number of amidine groups is 1. The van der Waals surface area contributed by atoms with Crippen molar-refractivity contribution in [3.05, 3.63) is 0 Å². The molecule has 0 spiro atoms. The number of hydrogen-bond donors (Lipinski definition) is 1. The summed E-state index contributed by atoms with van der Waals surface area (Å²) in [5.41, 5.74) is 0. The molecule has 78 valence electrons. The van der Waals surface area contributed by atoms with E-state index < -0.39 is 0 Å². The average molecular weight is 194 g/mol. The number of nitrogens with zero attached hydrogens (tertiary/aromatic N) is 1. The molecule has 1 aliphatic heterocycles. The third-order valence-corrected chi connectivity index (χ3v) is 3.41. The second kappa shape index (κ2) is 4.11. The molecule has 0 aromatic rings. The van der Waals surface area contributed by atoms with Crippen molar-refractivity contribution < 1.29 is 4.79 Å². The third kappa shape index (κ3) is 1.97. The second-order valence-corrected chi connectivity index (χ2v) is 4.39. The van der Waals surface area contributed by atoms with E-state index in [-0.39, 0.29) is 5.91 Å². The molecule has 3 heteroatoms. The van der Waals surface area contributed by atoms with Crippen molar-refractivity contribution in [1.29, 1.82) is 0 Å². The smallest absolute Gasteiger partial charge is 0.247 e. The molecule has 1 N–H and O–H groups in total. The standard InChI is InChI=1S/C11H18N2O/c1-2-8-4-3-5-9(6-8)11-12-7-10(14)13-11/h8-9H,2-7H2,1H3,(H,12,13,14). The quantitative estimate of drug-likeness (QED) is 0.714. The molecule has 1 saturated carbocycles. The lowest BCUT2D eigenvalue weighted by Crippen LogP contribution is -2.33. The van der Waals surface area contributed by atoms with Gasteiger partial charge in [0.25, 0.3) is 0 Å². The highest BCUT2D eigenvalue weighted by molar-refractivity contribution is 6.04. The molecule has 0 radical (unpaired) electrons. The summed E-state index contributed by atoms with van der Waals surface area (Å²) in [5.74, 6) is 2.40. The molecule has 1 heterocycles. The van der Waals surface area contributed by atoms with E-state index in [0.717, 1.165) is 11.8 Å². The predicted molar refractivity (Wildman–Crippen MR) is 56.2 cm³/mol. The molecule has 2 rings (SSSR count). The van der Waals surface area contributed by atoms with Gasteiger partial charge < -0.3 is 5.32 Å². The van der Waals surface area contributed by atoms with E-state index >= 15 is 0 Å². The summed E-state index contributed by atoms with van der Waals surface area (Å²) >= 11 is 0. The highest BCUT2D eigenvalue weighted by Gasteiger charge is 2.27. The molecule has 2 aliphatic rings. The van der Waals surface area contributed by atoms with Crippen LogP contribution in [0.2, 0.25) is 0 Å². The highest BCUT2D eigenvalue weighted by Crippen LogP contribution is 2.31. The Hall–Kier alpha value is -0.860. The van der Waals surface area contributed by atoms with E-state index in [1.54, 1.807) is 0 Å².